The van der Waals surface area contributed by atoms with Gasteiger partial charge in [-0.25, -0.2) is 4.79 Å². The summed E-state index contributed by atoms with van der Waals surface area (Å²) in [6.45, 7) is 10.0. The molecule has 1 N–H and O–H groups in total. The number of amides is 2. The van der Waals surface area contributed by atoms with Gasteiger partial charge in [0.25, 0.3) is 0 Å². The highest BCUT2D eigenvalue weighted by Crippen LogP contribution is 2.17. The van der Waals surface area contributed by atoms with Gasteiger partial charge in [0.05, 0.1) is 18.9 Å². The van der Waals surface area contributed by atoms with Gasteiger partial charge in [-0.2, -0.15) is 5.10 Å². The average Bonchev–Trinajstić information content (AvgIpc) is 3.16. The standard InChI is InChI=1S/C17H29N5O2/c1-13-16(14(2)20(3)19-13)4-6-18-17(23)22-7-5-15(12-22)21-8-10-24-11-9-21/h15H,4-12H2,1-3H3,(H,18,23)/t15-/m1/s1. The summed E-state index contributed by atoms with van der Waals surface area (Å²) in [6, 6.07) is 0.549. The van der Waals surface area contributed by atoms with Crippen LogP contribution in [0.1, 0.15) is 23.4 Å². The van der Waals surface area contributed by atoms with Gasteiger partial charge in [-0.15, -0.1) is 0 Å². The molecule has 3 rings (SSSR count). The summed E-state index contributed by atoms with van der Waals surface area (Å²) in [5.74, 6) is 0. The van der Waals surface area contributed by atoms with E-state index < -0.39 is 0 Å². The zero-order chi connectivity index (χ0) is 17.1. The third-order valence-electron chi connectivity index (χ3n) is 5.32. The predicted octanol–water partition coefficient (Wildman–Crippen LogP) is 0.696. The van der Waals surface area contributed by atoms with Crippen molar-refractivity contribution in [2.45, 2.75) is 32.7 Å². The summed E-state index contributed by atoms with van der Waals surface area (Å²) in [4.78, 5) is 16.8. The molecule has 2 fully saturated rings. The van der Waals surface area contributed by atoms with Crippen LogP contribution in [0.15, 0.2) is 0 Å². The van der Waals surface area contributed by atoms with E-state index in [0.717, 1.165) is 57.9 Å². The lowest BCUT2D eigenvalue weighted by atomic mass is 10.1. The number of nitrogens with one attached hydrogen (secondary N) is 1. The van der Waals surface area contributed by atoms with Gasteiger partial charge in [0.15, 0.2) is 0 Å². The number of nitrogens with zero attached hydrogens (tertiary/aromatic N) is 4. The first-order chi connectivity index (χ1) is 11.6. The Bertz CT molecular complexity index is 580. The second kappa shape index (κ2) is 7.53. The van der Waals surface area contributed by atoms with Gasteiger partial charge in [-0.05, 0) is 32.3 Å². The second-order valence-electron chi connectivity index (χ2n) is 6.79. The van der Waals surface area contributed by atoms with E-state index in [4.69, 9.17) is 4.74 Å². The first kappa shape index (κ1) is 17.2. The number of carbonyl (C=O) groups is 1. The van der Waals surface area contributed by atoms with Crippen LogP contribution in [0.4, 0.5) is 4.79 Å². The van der Waals surface area contributed by atoms with Crippen molar-refractivity contribution in [2.24, 2.45) is 7.05 Å². The molecule has 3 heterocycles. The van der Waals surface area contributed by atoms with Crippen LogP contribution in [-0.4, -0.2) is 77.6 Å². The Balaban J connectivity index is 1.44. The van der Waals surface area contributed by atoms with E-state index in [1.807, 2.05) is 23.6 Å². The molecule has 0 bridgehead atoms. The summed E-state index contributed by atoms with van der Waals surface area (Å²) < 4.78 is 7.31. The van der Waals surface area contributed by atoms with Gasteiger partial charge in [0.1, 0.15) is 0 Å². The highest BCUT2D eigenvalue weighted by molar-refractivity contribution is 5.74. The van der Waals surface area contributed by atoms with Crippen molar-refractivity contribution in [2.75, 3.05) is 45.9 Å². The van der Waals surface area contributed by atoms with Gasteiger partial charge < -0.3 is 15.0 Å². The molecule has 7 heteroatoms. The number of aromatic nitrogens is 2. The third-order valence-corrected chi connectivity index (χ3v) is 5.32. The molecule has 0 aliphatic carbocycles. The summed E-state index contributed by atoms with van der Waals surface area (Å²) >= 11 is 0. The molecule has 2 aliphatic rings. The number of likely N-dealkylation sites (tertiary alicyclic amines) is 1. The van der Waals surface area contributed by atoms with Crippen LogP contribution in [0.5, 0.6) is 0 Å². The molecule has 1 aromatic heterocycles. The smallest absolute Gasteiger partial charge is 0.317 e. The lowest BCUT2D eigenvalue weighted by Crippen LogP contribution is -2.46. The van der Waals surface area contributed by atoms with Crippen molar-refractivity contribution in [3.05, 3.63) is 17.0 Å². The Morgan fingerprint density at radius 2 is 2.04 bits per heavy atom. The lowest BCUT2D eigenvalue weighted by Gasteiger charge is -2.32. The maximum Gasteiger partial charge on any atom is 0.317 e. The van der Waals surface area contributed by atoms with Gasteiger partial charge >= 0.3 is 6.03 Å². The number of carbonyl (C=O) groups excluding carboxylic acids is 1. The van der Waals surface area contributed by atoms with Crippen LogP contribution in [0.2, 0.25) is 0 Å². The van der Waals surface area contributed by atoms with E-state index in [1.54, 1.807) is 0 Å². The van der Waals surface area contributed by atoms with Crippen LogP contribution in [0.25, 0.3) is 0 Å². The third kappa shape index (κ3) is 3.72. The van der Waals surface area contributed by atoms with Crippen molar-refractivity contribution >= 4 is 6.03 Å². The highest BCUT2D eigenvalue weighted by atomic mass is 16.5. The Morgan fingerprint density at radius 3 is 2.71 bits per heavy atom. The lowest BCUT2D eigenvalue weighted by molar-refractivity contribution is 0.0191. The molecular weight excluding hydrogens is 306 g/mol. The quantitative estimate of drug-likeness (QED) is 0.880. The average molecular weight is 335 g/mol. The van der Waals surface area contributed by atoms with E-state index in [0.29, 0.717) is 12.6 Å². The molecule has 0 radical (unpaired) electrons. The Hall–Kier alpha value is -1.60. The van der Waals surface area contributed by atoms with Crippen LogP contribution in [-0.2, 0) is 18.2 Å². The van der Waals surface area contributed by atoms with Crippen LogP contribution in [0, 0.1) is 13.8 Å². The number of hydrogen-bond acceptors (Lipinski definition) is 4. The monoisotopic (exact) mass is 335 g/mol. The van der Waals surface area contributed by atoms with Gasteiger partial charge in [0.2, 0.25) is 0 Å². The van der Waals surface area contributed by atoms with Crippen molar-refractivity contribution < 1.29 is 9.53 Å². The zero-order valence-corrected chi connectivity index (χ0v) is 15.0. The van der Waals surface area contributed by atoms with E-state index in [1.165, 1.54) is 11.3 Å². The van der Waals surface area contributed by atoms with Gasteiger partial charge in [-0.3, -0.25) is 9.58 Å². The fourth-order valence-electron chi connectivity index (χ4n) is 3.75. The molecular formula is C17H29N5O2. The molecule has 0 aromatic carbocycles. The van der Waals surface area contributed by atoms with E-state index in [-0.39, 0.29) is 6.03 Å². The Morgan fingerprint density at radius 1 is 1.29 bits per heavy atom. The maximum atomic E-state index is 12.4. The first-order valence-electron chi connectivity index (χ1n) is 8.90. The number of urea groups is 1. The minimum absolute atomic E-state index is 0.0601. The van der Waals surface area contributed by atoms with Crippen molar-refractivity contribution in [3.8, 4) is 0 Å². The van der Waals surface area contributed by atoms with Crippen LogP contribution >= 0.6 is 0 Å². The number of morpholine rings is 1. The highest BCUT2D eigenvalue weighted by Gasteiger charge is 2.30. The van der Waals surface area contributed by atoms with Gasteiger partial charge in [0, 0.05) is 51.5 Å². The van der Waals surface area contributed by atoms with Crippen molar-refractivity contribution in [1.29, 1.82) is 0 Å². The SMILES string of the molecule is Cc1nn(C)c(C)c1CCNC(=O)N1CC[C@@H](N2CCOCC2)C1. The Kier molecular flexibility index (Phi) is 5.40. The predicted molar refractivity (Wildman–Crippen MR) is 92.2 cm³/mol. The van der Waals surface area contributed by atoms with E-state index in [2.05, 4.69) is 22.2 Å². The molecule has 1 aromatic rings. The fourth-order valence-corrected chi connectivity index (χ4v) is 3.75. The molecule has 2 amide bonds. The summed E-state index contributed by atoms with van der Waals surface area (Å²) in [6.07, 6.45) is 1.90. The molecule has 0 unspecified atom stereocenters. The topological polar surface area (TPSA) is 62.6 Å². The zero-order valence-electron chi connectivity index (χ0n) is 15.0. The minimum atomic E-state index is 0.0601. The normalized spacial score (nSPS) is 22.1. The second-order valence-corrected chi connectivity index (χ2v) is 6.79. The summed E-state index contributed by atoms with van der Waals surface area (Å²) in [5, 5.41) is 7.49. The molecule has 2 saturated heterocycles. The van der Waals surface area contributed by atoms with Crippen molar-refractivity contribution in [1.82, 2.24) is 24.9 Å². The Labute approximate surface area is 143 Å². The van der Waals surface area contributed by atoms with Gasteiger partial charge in [-0.1, -0.05) is 0 Å². The number of hydrogen-bond donors (Lipinski definition) is 1. The largest absolute Gasteiger partial charge is 0.379 e. The molecule has 24 heavy (non-hydrogen) atoms. The fraction of sp³-hybridized carbons (Fsp3) is 0.765. The van der Waals surface area contributed by atoms with E-state index in [9.17, 15) is 4.79 Å². The molecule has 134 valence electrons. The first-order valence-corrected chi connectivity index (χ1v) is 8.90. The molecule has 1 atom stereocenters. The summed E-state index contributed by atoms with van der Waals surface area (Å²) in [5.41, 5.74) is 3.47. The minimum Gasteiger partial charge on any atom is -0.379 e. The number of aryl methyl sites for hydroxylation is 2. The number of rotatable bonds is 4. The van der Waals surface area contributed by atoms with Crippen LogP contribution < -0.4 is 5.32 Å². The number of ether oxygens (including phenoxy) is 1. The molecule has 2 aliphatic heterocycles. The van der Waals surface area contributed by atoms with Crippen molar-refractivity contribution in [3.63, 3.8) is 0 Å². The van der Waals surface area contributed by atoms with E-state index >= 15 is 0 Å². The molecule has 7 nitrogen and oxygen atoms in total. The summed E-state index contributed by atoms with van der Waals surface area (Å²) in [7, 11) is 1.96. The maximum absolute atomic E-state index is 12.4. The molecule has 0 saturated carbocycles. The molecule has 0 spiro atoms. The van der Waals surface area contributed by atoms with Crippen LogP contribution in [0.3, 0.4) is 0 Å².